The minimum Gasteiger partial charge on any atom is -0.478 e. The zero-order valence-electron chi connectivity index (χ0n) is 30.6. The van der Waals surface area contributed by atoms with Crippen LogP contribution in [0.1, 0.15) is 132 Å². The first kappa shape index (κ1) is 37.5. The average molecular weight is 689 g/mol. The molecule has 4 aliphatic carbocycles. The predicted molar refractivity (Wildman–Crippen MR) is 200 cm³/mol. The van der Waals surface area contributed by atoms with Gasteiger partial charge in [0, 0.05) is 22.7 Å². The molecule has 4 saturated carbocycles. The highest BCUT2D eigenvalue weighted by atomic mass is 16.6. The van der Waals surface area contributed by atoms with E-state index in [1.807, 2.05) is 6.92 Å². The Labute approximate surface area is 298 Å². The molecule has 0 spiro atoms. The van der Waals surface area contributed by atoms with Gasteiger partial charge in [-0.3, -0.25) is 4.79 Å². The Hall–Kier alpha value is -3.75. The second kappa shape index (κ2) is 15.2. The number of ether oxygens (including phenoxy) is 1. The van der Waals surface area contributed by atoms with Crippen molar-refractivity contribution < 1.29 is 24.2 Å². The Morgan fingerprint density at radius 3 is 1.96 bits per heavy atom. The number of fused-ring (bicyclic) bond motifs is 5. The van der Waals surface area contributed by atoms with Crippen molar-refractivity contribution in [3.63, 3.8) is 0 Å². The summed E-state index contributed by atoms with van der Waals surface area (Å²) in [4.78, 5) is 35.4. The normalized spacial score (nSPS) is 31.1. The van der Waals surface area contributed by atoms with Gasteiger partial charge in [-0.15, -0.1) is 0 Å². The van der Waals surface area contributed by atoms with Crippen molar-refractivity contribution in [2.24, 2.45) is 52.3 Å². The van der Waals surface area contributed by atoms with E-state index >= 15 is 0 Å². The third-order valence-corrected chi connectivity index (χ3v) is 13.7. The van der Waals surface area contributed by atoms with Crippen molar-refractivity contribution in [2.45, 2.75) is 111 Å². The van der Waals surface area contributed by atoms with Gasteiger partial charge in [0.1, 0.15) is 0 Å². The van der Waals surface area contributed by atoms with Crippen LogP contribution in [0, 0.1) is 52.3 Å². The summed E-state index contributed by atoms with van der Waals surface area (Å²) >= 11 is 0. The Bertz CT molecular complexity index is 1520. The van der Waals surface area contributed by atoms with Crippen molar-refractivity contribution in [3.05, 3.63) is 47.5 Å². The number of anilines is 4. The molecule has 0 saturated heterocycles. The maximum atomic E-state index is 12.6. The van der Waals surface area contributed by atoms with Crippen molar-refractivity contribution in [3.8, 4) is 0 Å². The molecule has 50 heavy (non-hydrogen) atoms. The second-order valence-corrected chi connectivity index (χ2v) is 16.7. The van der Waals surface area contributed by atoms with Crippen molar-refractivity contribution in [1.82, 2.24) is 0 Å². The number of nitrogen functional groups attached to an aromatic ring is 4. The summed E-state index contributed by atoms with van der Waals surface area (Å²) in [6.45, 7) is 9.65. The van der Waals surface area contributed by atoms with Gasteiger partial charge in [0.15, 0.2) is 0 Å². The first-order chi connectivity index (χ1) is 23.6. The van der Waals surface area contributed by atoms with Gasteiger partial charge >= 0.3 is 17.9 Å². The largest absolute Gasteiger partial charge is 0.478 e. The number of hydrogen-bond acceptors (Lipinski definition) is 8. The SMILES string of the molecule is CC(CCCC(C)[C@H]1CC[C@H]2[C@@H]3CCC4CCCC[C@]4(C)[C@H]3CC[C@]12C)C(=O)OC(=O)c1cc(N)cc(N)c1.Nc1cc(N)cc(C(=O)O)c1. The van der Waals surface area contributed by atoms with Gasteiger partial charge in [-0.25, -0.2) is 9.59 Å². The van der Waals surface area contributed by atoms with Crippen LogP contribution in [0.3, 0.4) is 0 Å². The lowest BCUT2D eigenvalue weighted by Crippen LogP contribution is -2.53. The molecule has 0 heterocycles. The van der Waals surface area contributed by atoms with Gasteiger partial charge in [0.25, 0.3) is 0 Å². The fourth-order valence-corrected chi connectivity index (χ4v) is 11.2. The van der Waals surface area contributed by atoms with Crippen LogP contribution in [0.5, 0.6) is 0 Å². The number of esters is 2. The van der Waals surface area contributed by atoms with Crippen LogP contribution in [0.15, 0.2) is 36.4 Å². The van der Waals surface area contributed by atoms with Gasteiger partial charge < -0.3 is 32.8 Å². The molecule has 0 bridgehead atoms. The molecule has 0 aliphatic heterocycles. The number of carboxylic acids is 1. The first-order valence-corrected chi connectivity index (χ1v) is 18.9. The molecule has 0 aromatic heterocycles. The zero-order chi connectivity index (χ0) is 36.4. The fourth-order valence-electron chi connectivity index (χ4n) is 11.2. The van der Waals surface area contributed by atoms with Gasteiger partial charge in [-0.05, 0) is 141 Å². The molecular weight excluding hydrogens is 628 g/mol. The smallest absolute Gasteiger partial charge is 0.345 e. The molecule has 2 aromatic rings. The summed E-state index contributed by atoms with van der Waals surface area (Å²) in [5.41, 5.74) is 25.2. The van der Waals surface area contributed by atoms with Crippen LogP contribution in [-0.4, -0.2) is 23.0 Å². The molecular formula is C41H60N4O5. The minimum absolute atomic E-state index is 0.113. The van der Waals surface area contributed by atoms with E-state index in [-0.39, 0.29) is 17.0 Å². The molecule has 6 rings (SSSR count). The molecule has 0 radical (unpaired) electrons. The molecule has 2 aromatic carbocycles. The number of aromatic carboxylic acids is 1. The van der Waals surface area contributed by atoms with Gasteiger partial charge in [0.05, 0.1) is 17.0 Å². The van der Waals surface area contributed by atoms with E-state index in [1.165, 1.54) is 94.5 Å². The Balaban J connectivity index is 0.000000377. The number of benzene rings is 2. The molecule has 9 N–H and O–H groups in total. The Morgan fingerprint density at radius 2 is 1.34 bits per heavy atom. The summed E-state index contributed by atoms with van der Waals surface area (Å²) in [6.07, 6.45) is 17.4. The van der Waals surface area contributed by atoms with Gasteiger partial charge in [-0.2, -0.15) is 0 Å². The lowest BCUT2D eigenvalue weighted by molar-refractivity contribution is -0.142. The number of hydrogen-bond donors (Lipinski definition) is 5. The quantitative estimate of drug-likeness (QED) is 0.103. The molecule has 9 nitrogen and oxygen atoms in total. The summed E-state index contributed by atoms with van der Waals surface area (Å²) in [5.74, 6) is 2.77. The fraction of sp³-hybridized carbons (Fsp3) is 0.634. The van der Waals surface area contributed by atoms with E-state index in [1.54, 1.807) is 6.07 Å². The van der Waals surface area contributed by atoms with Gasteiger partial charge in [0.2, 0.25) is 0 Å². The van der Waals surface area contributed by atoms with Crippen LogP contribution in [-0.2, 0) is 9.53 Å². The first-order valence-electron chi connectivity index (χ1n) is 18.9. The average Bonchev–Trinajstić information content (AvgIpc) is 3.41. The molecule has 3 unspecified atom stereocenters. The highest BCUT2D eigenvalue weighted by Crippen LogP contribution is 2.68. The summed E-state index contributed by atoms with van der Waals surface area (Å²) in [7, 11) is 0. The molecule has 0 amide bonds. The van der Waals surface area contributed by atoms with Crippen molar-refractivity contribution in [2.75, 3.05) is 22.9 Å². The number of carbonyl (C=O) groups is 3. The van der Waals surface area contributed by atoms with Crippen LogP contribution < -0.4 is 22.9 Å². The minimum atomic E-state index is -1.02. The van der Waals surface area contributed by atoms with Crippen LogP contribution in [0.25, 0.3) is 0 Å². The standard InChI is InChI=1S/C34H52N2O3.C7H8N2O2/c1-21(8-7-9-22(2)31(37)39-32(38)23-18-25(35)20-26(36)19-23)28-13-14-29-27-12-11-24-10-5-6-16-33(24,3)30(27)15-17-34(28,29)4;8-5-1-4(7(10)11)2-6(9)3-5/h18-22,24,27-30H,5-17,35-36H2,1-4H3;1-3H,8-9H2,(H,10,11)/t21?,22?,24?,27-,28+,29-,30-,33-,34+;/m0./s1. The lowest BCUT2D eigenvalue weighted by Gasteiger charge is -2.61. The molecule has 4 aliphatic rings. The maximum absolute atomic E-state index is 12.6. The van der Waals surface area contributed by atoms with E-state index in [4.69, 9.17) is 32.8 Å². The van der Waals surface area contributed by atoms with Crippen LogP contribution in [0.2, 0.25) is 0 Å². The molecule has 274 valence electrons. The number of nitrogens with two attached hydrogens (primary N) is 4. The number of carbonyl (C=O) groups excluding carboxylic acids is 2. The summed E-state index contributed by atoms with van der Waals surface area (Å²) < 4.78 is 5.16. The Kier molecular flexibility index (Phi) is 11.4. The van der Waals surface area contributed by atoms with E-state index in [0.717, 1.165) is 48.9 Å². The van der Waals surface area contributed by atoms with E-state index in [2.05, 4.69) is 20.8 Å². The summed E-state index contributed by atoms with van der Waals surface area (Å²) in [6, 6.07) is 8.77. The van der Waals surface area contributed by atoms with Crippen LogP contribution >= 0.6 is 0 Å². The number of carboxylic acid groups (broad SMARTS) is 1. The molecule has 9 heteroatoms. The maximum Gasteiger partial charge on any atom is 0.345 e. The number of rotatable bonds is 8. The topological polar surface area (TPSA) is 185 Å². The highest BCUT2D eigenvalue weighted by Gasteiger charge is 2.60. The lowest BCUT2D eigenvalue weighted by atomic mass is 9.44. The molecule has 9 atom stereocenters. The Morgan fingerprint density at radius 1 is 0.740 bits per heavy atom. The summed E-state index contributed by atoms with van der Waals surface area (Å²) in [5, 5.41) is 8.52. The zero-order valence-corrected chi connectivity index (χ0v) is 30.6. The van der Waals surface area contributed by atoms with Crippen molar-refractivity contribution >= 4 is 40.7 Å². The molecule has 4 fully saturated rings. The van der Waals surface area contributed by atoms with Crippen molar-refractivity contribution in [1.29, 1.82) is 0 Å². The van der Waals surface area contributed by atoms with E-state index in [0.29, 0.717) is 39.5 Å². The van der Waals surface area contributed by atoms with Crippen LogP contribution in [0.4, 0.5) is 22.7 Å². The highest BCUT2D eigenvalue weighted by molar-refractivity contribution is 5.98. The third kappa shape index (κ3) is 7.92. The van der Waals surface area contributed by atoms with E-state index < -0.39 is 17.9 Å². The third-order valence-electron chi connectivity index (χ3n) is 13.7. The van der Waals surface area contributed by atoms with Gasteiger partial charge in [-0.1, -0.05) is 53.4 Å². The monoisotopic (exact) mass is 688 g/mol. The second-order valence-electron chi connectivity index (χ2n) is 16.7. The predicted octanol–water partition coefficient (Wildman–Crippen LogP) is 8.58. The van der Waals surface area contributed by atoms with E-state index in [9.17, 15) is 14.4 Å².